The molecule has 0 saturated heterocycles. The number of thiophene rings is 1. The Morgan fingerprint density at radius 3 is 2.47 bits per heavy atom. The zero-order valence-electron chi connectivity index (χ0n) is 8.49. The average Bonchev–Trinajstić information content (AvgIpc) is 2.72. The topological polar surface area (TPSA) is 35.2 Å². The minimum Gasteiger partial charge on any atom is -0.404 e. The van der Waals surface area contributed by atoms with Crippen molar-refractivity contribution in [2.75, 3.05) is 5.73 Å². The summed E-state index contributed by atoms with van der Waals surface area (Å²) in [7, 11) is 0. The van der Waals surface area contributed by atoms with Gasteiger partial charge in [-0.05, 0) is 35.2 Å². The van der Waals surface area contributed by atoms with Crippen molar-refractivity contribution in [2.45, 2.75) is 6.36 Å². The Balaban J connectivity index is 2.29. The summed E-state index contributed by atoms with van der Waals surface area (Å²) in [6, 6.07) is 7.95. The number of ether oxygens (including phenoxy) is 1. The Kier molecular flexibility index (Phi) is 2.97. The molecule has 0 fully saturated rings. The first-order valence-electron chi connectivity index (χ1n) is 4.65. The van der Waals surface area contributed by atoms with E-state index in [9.17, 15) is 13.2 Å². The molecule has 0 saturated carbocycles. The van der Waals surface area contributed by atoms with Crippen LogP contribution in [-0.2, 0) is 0 Å². The van der Waals surface area contributed by atoms with E-state index < -0.39 is 6.36 Å². The van der Waals surface area contributed by atoms with Crippen molar-refractivity contribution in [3.63, 3.8) is 0 Å². The molecule has 0 amide bonds. The summed E-state index contributed by atoms with van der Waals surface area (Å²) >= 11 is 1.49. The number of hydrogen-bond acceptors (Lipinski definition) is 3. The summed E-state index contributed by atoms with van der Waals surface area (Å²) < 4.78 is 39.8. The molecule has 0 unspecified atom stereocenters. The fourth-order valence-corrected chi connectivity index (χ4v) is 2.09. The number of alkyl halides is 3. The molecule has 0 radical (unpaired) electrons. The smallest absolute Gasteiger partial charge is 0.404 e. The highest BCUT2D eigenvalue weighted by molar-refractivity contribution is 7.13. The highest BCUT2D eigenvalue weighted by Crippen LogP contribution is 2.33. The lowest BCUT2D eigenvalue weighted by Crippen LogP contribution is -2.17. The van der Waals surface area contributed by atoms with Gasteiger partial charge in [0.05, 0.1) is 5.69 Å². The Bertz CT molecular complexity index is 508. The van der Waals surface area contributed by atoms with Gasteiger partial charge in [-0.15, -0.1) is 24.5 Å². The molecule has 17 heavy (non-hydrogen) atoms. The molecule has 2 N–H and O–H groups in total. The minimum absolute atomic E-state index is 0.0341. The van der Waals surface area contributed by atoms with Gasteiger partial charge < -0.3 is 10.5 Å². The van der Waals surface area contributed by atoms with Gasteiger partial charge >= 0.3 is 6.36 Å². The van der Waals surface area contributed by atoms with Crippen molar-refractivity contribution in [1.29, 1.82) is 0 Å². The van der Waals surface area contributed by atoms with E-state index in [1.165, 1.54) is 23.5 Å². The highest BCUT2D eigenvalue weighted by atomic mass is 32.1. The molecule has 90 valence electrons. The lowest BCUT2D eigenvalue weighted by molar-refractivity contribution is -0.274. The van der Waals surface area contributed by atoms with E-state index in [1.807, 2.05) is 17.5 Å². The van der Waals surface area contributed by atoms with Gasteiger partial charge in [0, 0.05) is 4.88 Å². The van der Waals surface area contributed by atoms with E-state index in [2.05, 4.69) is 4.74 Å². The third-order valence-corrected chi connectivity index (χ3v) is 2.96. The molecule has 0 aliphatic carbocycles. The largest absolute Gasteiger partial charge is 0.573 e. The van der Waals surface area contributed by atoms with Crippen LogP contribution in [0.4, 0.5) is 18.9 Å². The van der Waals surface area contributed by atoms with Crippen LogP contribution >= 0.6 is 11.3 Å². The molecule has 2 rings (SSSR count). The van der Waals surface area contributed by atoms with E-state index >= 15 is 0 Å². The predicted octanol–water partition coefficient (Wildman–Crippen LogP) is 3.90. The van der Waals surface area contributed by atoms with Gasteiger partial charge in [-0.25, -0.2) is 0 Å². The van der Waals surface area contributed by atoms with Crippen LogP contribution < -0.4 is 10.5 Å². The summed E-state index contributed by atoms with van der Waals surface area (Å²) in [5, 5.41) is 1.88. The maximum Gasteiger partial charge on any atom is 0.573 e. The third kappa shape index (κ3) is 2.91. The average molecular weight is 259 g/mol. The summed E-state index contributed by atoms with van der Waals surface area (Å²) in [6.07, 6.45) is -4.72. The lowest BCUT2D eigenvalue weighted by atomic mass is 10.1. The van der Waals surface area contributed by atoms with Crippen molar-refractivity contribution in [3.8, 4) is 16.2 Å². The molecular formula is C11H8F3NOS. The first kappa shape index (κ1) is 11.8. The zero-order valence-corrected chi connectivity index (χ0v) is 9.31. The number of rotatable bonds is 2. The van der Waals surface area contributed by atoms with Crippen molar-refractivity contribution in [2.24, 2.45) is 0 Å². The van der Waals surface area contributed by atoms with Crippen LogP contribution in [0.2, 0.25) is 0 Å². The van der Waals surface area contributed by atoms with E-state index in [-0.39, 0.29) is 11.4 Å². The second-order valence-electron chi connectivity index (χ2n) is 3.28. The Morgan fingerprint density at radius 1 is 1.18 bits per heavy atom. The van der Waals surface area contributed by atoms with Crippen LogP contribution in [0.1, 0.15) is 0 Å². The van der Waals surface area contributed by atoms with Gasteiger partial charge in [-0.2, -0.15) is 0 Å². The van der Waals surface area contributed by atoms with Gasteiger partial charge in [0.25, 0.3) is 0 Å². The van der Waals surface area contributed by atoms with E-state index in [4.69, 9.17) is 5.73 Å². The Hall–Kier alpha value is -1.69. The van der Waals surface area contributed by atoms with Crippen molar-refractivity contribution in [1.82, 2.24) is 0 Å². The fraction of sp³-hybridized carbons (Fsp3) is 0.0909. The van der Waals surface area contributed by atoms with E-state index in [1.54, 1.807) is 6.07 Å². The molecular weight excluding hydrogens is 251 g/mol. The monoisotopic (exact) mass is 259 g/mol. The second kappa shape index (κ2) is 4.29. The molecule has 2 nitrogen and oxygen atoms in total. The molecule has 1 aromatic carbocycles. The summed E-state index contributed by atoms with van der Waals surface area (Å²) in [4.78, 5) is 0.940. The van der Waals surface area contributed by atoms with Gasteiger partial charge in [-0.3, -0.25) is 0 Å². The molecule has 0 aliphatic rings. The van der Waals surface area contributed by atoms with Crippen LogP contribution in [0, 0.1) is 0 Å². The highest BCUT2D eigenvalue weighted by Gasteiger charge is 2.31. The normalized spacial score (nSPS) is 11.5. The van der Waals surface area contributed by atoms with E-state index in [0.717, 1.165) is 10.4 Å². The molecule has 1 aromatic heterocycles. The van der Waals surface area contributed by atoms with Gasteiger partial charge in [0.1, 0.15) is 0 Å². The zero-order chi connectivity index (χ0) is 12.5. The van der Waals surface area contributed by atoms with Crippen molar-refractivity contribution in [3.05, 3.63) is 35.7 Å². The predicted molar refractivity (Wildman–Crippen MR) is 60.9 cm³/mol. The lowest BCUT2D eigenvalue weighted by Gasteiger charge is -2.11. The third-order valence-electron chi connectivity index (χ3n) is 2.04. The van der Waals surface area contributed by atoms with Crippen LogP contribution in [0.15, 0.2) is 35.7 Å². The maximum absolute atomic E-state index is 12.0. The molecule has 1 heterocycles. The molecule has 0 atom stereocenters. The van der Waals surface area contributed by atoms with Gasteiger partial charge in [0.15, 0.2) is 5.75 Å². The molecule has 0 aliphatic heterocycles. The SMILES string of the molecule is Nc1cc(-c2cccs2)ccc1OC(F)(F)F. The number of anilines is 1. The molecule has 0 bridgehead atoms. The number of hydrogen-bond donors (Lipinski definition) is 1. The first-order chi connectivity index (χ1) is 7.96. The van der Waals surface area contributed by atoms with Crippen LogP contribution in [0.25, 0.3) is 10.4 Å². The molecule has 6 heteroatoms. The summed E-state index contributed by atoms with van der Waals surface area (Å²) in [5.41, 5.74) is 6.25. The number of benzene rings is 1. The van der Waals surface area contributed by atoms with E-state index in [0.29, 0.717) is 0 Å². The van der Waals surface area contributed by atoms with Gasteiger partial charge in [0.2, 0.25) is 0 Å². The Labute approximate surface area is 99.4 Å². The van der Waals surface area contributed by atoms with Gasteiger partial charge in [-0.1, -0.05) is 6.07 Å². The number of halogens is 3. The number of nitrogen functional groups attached to an aromatic ring is 1. The van der Waals surface area contributed by atoms with Crippen LogP contribution in [0.3, 0.4) is 0 Å². The quantitative estimate of drug-likeness (QED) is 0.830. The number of nitrogens with two attached hydrogens (primary N) is 1. The summed E-state index contributed by atoms with van der Waals surface area (Å²) in [6.45, 7) is 0. The van der Waals surface area contributed by atoms with Crippen molar-refractivity contribution < 1.29 is 17.9 Å². The second-order valence-corrected chi connectivity index (χ2v) is 4.23. The maximum atomic E-state index is 12.0. The summed E-state index contributed by atoms with van der Waals surface area (Å²) in [5.74, 6) is -0.377. The fourth-order valence-electron chi connectivity index (χ4n) is 1.36. The minimum atomic E-state index is -4.72. The molecule has 2 aromatic rings. The van der Waals surface area contributed by atoms with Crippen LogP contribution in [0.5, 0.6) is 5.75 Å². The van der Waals surface area contributed by atoms with Crippen molar-refractivity contribution >= 4 is 17.0 Å². The van der Waals surface area contributed by atoms with Crippen LogP contribution in [-0.4, -0.2) is 6.36 Å². The Morgan fingerprint density at radius 2 is 1.94 bits per heavy atom. The molecule has 0 spiro atoms. The first-order valence-corrected chi connectivity index (χ1v) is 5.53. The standard InChI is InChI=1S/C11H8F3NOS/c12-11(13,14)16-9-4-3-7(6-8(9)15)10-2-1-5-17-10/h1-6H,15H2.